The summed E-state index contributed by atoms with van der Waals surface area (Å²) in [6.45, 7) is 1.85. The van der Waals surface area contributed by atoms with Gasteiger partial charge in [-0.2, -0.15) is 5.10 Å². The Balaban J connectivity index is 1.83. The summed E-state index contributed by atoms with van der Waals surface area (Å²) in [6.07, 6.45) is 0.403. The Labute approximate surface area is 139 Å². The predicted molar refractivity (Wildman–Crippen MR) is 87.9 cm³/mol. The van der Waals surface area contributed by atoms with Crippen molar-refractivity contribution < 1.29 is 17.6 Å². The summed E-state index contributed by atoms with van der Waals surface area (Å²) in [5.74, 6) is -0.811. The molecule has 1 N–H and O–H groups in total. The van der Waals surface area contributed by atoms with Gasteiger partial charge in [0, 0.05) is 18.7 Å². The van der Waals surface area contributed by atoms with Crippen molar-refractivity contribution in [2.75, 3.05) is 11.5 Å². The van der Waals surface area contributed by atoms with Gasteiger partial charge >= 0.3 is 0 Å². The number of carbonyl (C=O) groups is 1. The molecule has 0 radical (unpaired) electrons. The maximum Gasteiger partial charge on any atom is 0.272 e. The molecule has 1 aliphatic heterocycles. The summed E-state index contributed by atoms with van der Waals surface area (Å²) >= 11 is 0. The van der Waals surface area contributed by atoms with Crippen molar-refractivity contribution in [2.24, 2.45) is 7.05 Å². The van der Waals surface area contributed by atoms with Crippen LogP contribution < -0.4 is 5.32 Å². The second-order valence-corrected chi connectivity index (χ2v) is 8.32. The van der Waals surface area contributed by atoms with Crippen molar-refractivity contribution in [3.8, 4) is 11.3 Å². The number of nitrogens with zero attached hydrogens (tertiary/aromatic N) is 2. The lowest BCUT2D eigenvalue weighted by Gasteiger charge is -2.08. The smallest absolute Gasteiger partial charge is 0.272 e. The van der Waals surface area contributed by atoms with E-state index in [2.05, 4.69) is 10.4 Å². The number of benzene rings is 1. The highest BCUT2D eigenvalue weighted by Crippen LogP contribution is 2.24. The van der Waals surface area contributed by atoms with E-state index in [-0.39, 0.29) is 17.2 Å². The van der Waals surface area contributed by atoms with Crippen LogP contribution in [0.5, 0.6) is 0 Å². The molecule has 8 heteroatoms. The van der Waals surface area contributed by atoms with E-state index >= 15 is 0 Å². The zero-order valence-electron chi connectivity index (χ0n) is 13.4. The first-order chi connectivity index (χ1) is 11.2. The largest absolute Gasteiger partial charge is 0.347 e. The highest BCUT2D eigenvalue weighted by molar-refractivity contribution is 7.91. The second kappa shape index (κ2) is 6.01. The first-order valence-corrected chi connectivity index (χ1v) is 9.39. The van der Waals surface area contributed by atoms with Gasteiger partial charge in [0.2, 0.25) is 0 Å². The van der Waals surface area contributed by atoms with Crippen molar-refractivity contribution in [3.63, 3.8) is 0 Å². The van der Waals surface area contributed by atoms with Gasteiger partial charge < -0.3 is 5.32 Å². The Morgan fingerprint density at radius 1 is 1.38 bits per heavy atom. The van der Waals surface area contributed by atoms with Gasteiger partial charge in [-0.25, -0.2) is 12.8 Å². The second-order valence-electron chi connectivity index (χ2n) is 6.10. The molecule has 3 rings (SSSR count). The third kappa shape index (κ3) is 3.33. The third-order valence-corrected chi connectivity index (χ3v) is 5.85. The van der Waals surface area contributed by atoms with Gasteiger partial charge in [-0.15, -0.1) is 0 Å². The summed E-state index contributed by atoms with van der Waals surface area (Å²) in [4.78, 5) is 12.3. The van der Waals surface area contributed by atoms with Gasteiger partial charge in [-0.1, -0.05) is 11.6 Å². The number of amides is 1. The fourth-order valence-corrected chi connectivity index (χ4v) is 4.51. The first-order valence-electron chi connectivity index (χ1n) is 7.57. The molecule has 1 saturated heterocycles. The normalized spacial score (nSPS) is 19.4. The molecule has 1 atom stereocenters. The Bertz CT molecular complexity index is 905. The van der Waals surface area contributed by atoms with Gasteiger partial charge in [0.25, 0.3) is 5.91 Å². The van der Waals surface area contributed by atoms with E-state index in [1.807, 2.05) is 6.92 Å². The van der Waals surface area contributed by atoms with Crippen LogP contribution in [0.3, 0.4) is 0 Å². The lowest BCUT2D eigenvalue weighted by Crippen LogP contribution is -2.35. The Morgan fingerprint density at radius 2 is 2.12 bits per heavy atom. The quantitative estimate of drug-likeness (QED) is 0.908. The number of hydrogen-bond acceptors (Lipinski definition) is 4. The molecule has 0 bridgehead atoms. The van der Waals surface area contributed by atoms with Crippen LogP contribution in [0.1, 0.15) is 22.5 Å². The minimum Gasteiger partial charge on any atom is -0.347 e. The number of rotatable bonds is 3. The fraction of sp³-hybridized carbons (Fsp3) is 0.375. The molecular formula is C16H18FN3O3S. The molecular weight excluding hydrogens is 333 g/mol. The third-order valence-electron chi connectivity index (χ3n) is 4.08. The average Bonchev–Trinajstić information content (AvgIpc) is 3.04. The average molecular weight is 351 g/mol. The van der Waals surface area contributed by atoms with E-state index in [4.69, 9.17) is 0 Å². The molecule has 0 aliphatic carbocycles. The van der Waals surface area contributed by atoms with E-state index in [1.165, 1.54) is 16.8 Å². The fourth-order valence-electron chi connectivity index (χ4n) is 2.83. The molecule has 0 saturated carbocycles. The predicted octanol–water partition coefficient (Wildman–Crippen LogP) is 1.45. The summed E-state index contributed by atoms with van der Waals surface area (Å²) in [6, 6.07) is 5.85. The van der Waals surface area contributed by atoms with Gasteiger partial charge in [0.05, 0.1) is 17.2 Å². The first kappa shape index (κ1) is 16.6. The number of aromatic nitrogens is 2. The maximum atomic E-state index is 14.1. The zero-order valence-corrected chi connectivity index (χ0v) is 14.2. The van der Waals surface area contributed by atoms with Gasteiger partial charge in [-0.3, -0.25) is 9.48 Å². The van der Waals surface area contributed by atoms with Crippen LogP contribution in [0, 0.1) is 12.7 Å². The summed E-state index contributed by atoms with van der Waals surface area (Å²) in [7, 11) is -1.44. The Hall–Kier alpha value is -2.22. The minimum absolute atomic E-state index is 0.0507. The van der Waals surface area contributed by atoms with Crippen LogP contribution in [-0.2, 0) is 16.9 Å². The standard InChI is InChI=1S/C16H18FN3O3S/c1-10-3-4-13(17)12(7-10)15-8-14(19-20(15)2)16(21)18-11-5-6-24(22,23)9-11/h3-4,7-8,11H,5-6,9H2,1-2H3,(H,18,21). The van der Waals surface area contributed by atoms with Crippen molar-refractivity contribution in [3.05, 3.63) is 41.3 Å². The monoisotopic (exact) mass is 351 g/mol. The molecule has 1 fully saturated rings. The van der Waals surface area contributed by atoms with Gasteiger partial charge in [-0.05, 0) is 31.5 Å². The molecule has 128 valence electrons. The van der Waals surface area contributed by atoms with Crippen LogP contribution >= 0.6 is 0 Å². The molecule has 0 spiro atoms. The van der Waals surface area contributed by atoms with E-state index in [0.717, 1.165) is 5.56 Å². The molecule has 2 heterocycles. The molecule has 1 amide bonds. The lowest BCUT2D eigenvalue weighted by atomic mass is 10.1. The van der Waals surface area contributed by atoms with Crippen LogP contribution in [0.2, 0.25) is 0 Å². The maximum absolute atomic E-state index is 14.1. The topological polar surface area (TPSA) is 81.1 Å². The molecule has 1 aliphatic rings. The highest BCUT2D eigenvalue weighted by atomic mass is 32.2. The SMILES string of the molecule is Cc1ccc(F)c(-c2cc(C(=O)NC3CCS(=O)(=O)C3)nn2C)c1. The minimum atomic E-state index is -3.07. The van der Waals surface area contributed by atoms with Crippen molar-refractivity contribution in [2.45, 2.75) is 19.4 Å². The molecule has 1 unspecified atom stereocenters. The van der Waals surface area contributed by atoms with Crippen LogP contribution in [0.25, 0.3) is 11.3 Å². The number of aryl methyl sites for hydroxylation is 2. The van der Waals surface area contributed by atoms with E-state index in [1.54, 1.807) is 19.2 Å². The van der Waals surface area contributed by atoms with Gasteiger partial charge in [0.1, 0.15) is 5.82 Å². The molecule has 2 aromatic rings. The number of carbonyl (C=O) groups excluding carboxylic acids is 1. The molecule has 1 aromatic heterocycles. The Morgan fingerprint density at radius 3 is 2.79 bits per heavy atom. The lowest BCUT2D eigenvalue weighted by molar-refractivity contribution is 0.0935. The van der Waals surface area contributed by atoms with Crippen molar-refractivity contribution >= 4 is 15.7 Å². The summed E-state index contributed by atoms with van der Waals surface area (Å²) in [5.41, 5.74) is 1.89. The number of sulfone groups is 1. The number of nitrogens with one attached hydrogen (secondary N) is 1. The Kier molecular flexibility index (Phi) is 4.16. The van der Waals surface area contributed by atoms with Crippen molar-refractivity contribution in [1.29, 1.82) is 0 Å². The van der Waals surface area contributed by atoms with Crippen LogP contribution in [0.15, 0.2) is 24.3 Å². The summed E-state index contributed by atoms with van der Waals surface area (Å²) < 4.78 is 38.4. The number of halogens is 1. The summed E-state index contributed by atoms with van der Waals surface area (Å²) in [5, 5.41) is 6.81. The van der Waals surface area contributed by atoms with Crippen LogP contribution in [-0.4, -0.2) is 41.7 Å². The van der Waals surface area contributed by atoms with E-state index < -0.39 is 27.6 Å². The number of hydrogen-bond donors (Lipinski definition) is 1. The van der Waals surface area contributed by atoms with Crippen molar-refractivity contribution in [1.82, 2.24) is 15.1 Å². The zero-order chi connectivity index (χ0) is 17.5. The molecule has 6 nitrogen and oxygen atoms in total. The van der Waals surface area contributed by atoms with Crippen LogP contribution in [0.4, 0.5) is 4.39 Å². The van der Waals surface area contributed by atoms with E-state index in [9.17, 15) is 17.6 Å². The van der Waals surface area contributed by atoms with E-state index in [0.29, 0.717) is 17.7 Å². The highest BCUT2D eigenvalue weighted by Gasteiger charge is 2.29. The molecule has 24 heavy (non-hydrogen) atoms. The molecule has 1 aromatic carbocycles. The van der Waals surface area contributed by atoms with Gasteiger partial charge in [0.15, 0.2) is 15.5 Å².